The van der Waals surface area contributed by atoms with Gasteiger partial charge in [-0.05, 0) is 49.0 Å². The van der Waals surface area contributed by atoms with Crippen molar-refractivity contribution in [3.8, 4) is 5.75 Å². The molecule has 1 aliphatic rings. The third-order valence-electron chi connectivity index (χ3n) is 4.91. The average molecular weight is 444 g/mol. The van der Waals surface area contributed by atoms with Gasteiger partial charge in [-0.3, -0.25) is 10.1 Å². The Morgan fingerprint density at radius 1 is 1.13 bits per heavy atom. The molecule has 2 N–H and O–H groups in total. The zero-order valence-electron chi connectivity index (χ0n) is 17.7. The van der Waals surface area contributed by atoms with Crippen LogP contribution in [0.3, 0.4) is 0 Å². The third-order valence-corrected chi connectivity index (χ3v) is 5.11. The number of rotatable bonds is 5. The molecule has 0 spiro atoms. The van der Waals surface area contributed by atoms with Crippen LogP contribution in [0.2, 0.25) is 0 Å². The number of nitrogens with zero attached hydrogens (tertiary/aromatic N) is 1. The highest BCUT2D eigenvalue weighted by Crippen LogP contribution is 2.29. The van der Waals surface area contributed by atoms with Crippen molar-refractivity contribution in [3.05, 3.63) is 53.1 Å². The monoisotopic (exact) mass is 443 g/mol. The summed E-state index contributed by atoms with van der Waals surface area (Å²) in [4.78, 5) is 26.9. The molecular formula is C22H25N3O5S. The number of amides is 1. The number of aryl methyl sites for hydroxylation is 1. The lowest BCUT2D eigenvalue weighted by Crippen LogP contribution is -2.38. The summed E-state index contributed by atoms with van der Waals surface area (Å²) in [5, 5.41) is 5.83. The zero-order valence-corrected chi connectivity index (χ0v) is 18.5. The number of carbonyl (C=O) groups excluding carboxylic acids is 2. The van der Waals surface area contributed by atoms with Crippen LogP contribution in [0.1, 0.15) is 26.3 Å². The second kappa shape index (κ2) is 10.2. The van der Waals surface area contributed by atoms with Gasteiger partial charge in [-0.15, -0.1) is 0 Å². The van der Waals surface area contributed by atoms with E-state index in [1.807, 2.05) is 19.1 Å². The predicted octanol–water partition coefficient (Wildman–Crippen LogP) is 2.75. The number of nitrogens with one attached hydrogen (secondary N) is 2. The summed E-state index contributed by atoms with van der Waals surface area (Å²) in [6, 6.07) is 10.5. The van der Waals surface area contributed by atoms with Crippen LogP contribution in [0.4, 0.5) is 11.4 Å². The Bertz CT molecular complexity index is 989. The number of carbonyl (C=O) groups is 2. The molecule has 0 aromatic heterocycles. The Morgan fingerprint density at radius 3 is 2.55 bits per heavy atom. The van der Waals surface area contributed by atoms with E-state index in [-0.39, 0.29) is 5.11 Å². The number of esters is 1. The first-order valence-electron chi connectivity index (χ1n) is 9.75. The van der Waals surface area contributed by atoms with Gasteiger partial charge in [-0.25, -0.2) is 4.79 Å². The van der Waals surface area contributed by atoms with Crippen LogP contribution in [-0.4, -0.2) is 57.5 Å². The number of thiocarbonyl (C=S) groups is 1. The first kappa shape index (κ1) is 22.5. The van der Waals surface area contributed by atoms with Crippen LogP contribution >= 0.6 is 12.2 Å². The highest BCUT2D eigenvalue weighted by molar-refractivity contribution is 7.80. The summed E-state index contributed by atoms with van der Waals surface area (Å²) in [6.07, 6.45) is 0. The number of hydrogen-bond acceptors (Lipinski definition) is 7. The number of anilines is 2. The minimum atomic E-state index is -0.462. The maximum atomic E-state index is 12.8. The van der Waals surface area contributed by atoms with Gasteiger partial charge >= 0.3 is 5.97 Å². The van der Waals surface area contributed by atoms with Crippen LogP contribution in [-0.2, 0) is 9.47 Å². The molecule has 0 bridgehead atoms. The molecule has 9 heteroatoms. The van der Waals surface area contributed by atoms with Crippen molar-refractivity contribution in [2.75, 3.05) is 50.7 Å². The summed E-state index contributed by atoms with van der Waals surface area (Å²) in [6.45, 7) is 4.47. The molecule has 1 saturated heterocycles. The lowest BCUT2D eigenvalue weighted by Gasteiger charge is -2.31. The average Bonchev–Trinajstić information content (AvgIpc) is 2.78. The summed E-state index contributed by atoms with van der Waals surface area (Å²) < 4.78 is 15.6. The van der Waals surface area contributed by atoms with Gasteiger partial charge in [0, 0.05) is 13.1 Å². The molecule has 31 heavy (non-hydrogen) atoms. The Morgan fingerprint density at radius 2 is 1.87 bits per heavy atom. The van der Waals surface area contributed by atoms with E-state index in [1.165, 1.54) is 14.2 Å². The van der Waals surface area contributed by atoms with Crippen LogP contribution < -0.4 is 20.3 Å². The van der Waals surface area contributed by atoms with Crippen molar-refractivity contribution in [2.24, 2.45) is 0 Å². The second-order valence-corrected chi connectivity index (χ2v) is 7.30. The fraction of sp³-hybridized carbons (Fsp3) is 0.318. The normalized spacial score (nSPS) is 13.3. The maximum absolute atomic E-state index is 12.8. The van der Waals surface area contributed by atoms with Crippen molar-refractivity contribution in [3.63, 3.8) is 0 Å². The molecule has 2 aromatic rings. The van der Waals surface area contributed by atoms with Gasteiger partial charge in [-0.2, -0.15) is 0 Å². The fourth-order valence-electron chi connectivity index (χ4n) is 3.39. The topological polar surface area (TPSA) is 89.1 Å². The summed E-state index contributed by atoms with van der Waals surface area (Å²) in [5.74, 6) is -0.365. The van der Waals surface area contributed by atoms with Crippen LogP contribution in [0.15, 0.2) is 36.4 Å². The lowest BCUT2D eigenvalue weighted by atomic mass is 10.1. The number of morpholine rings is 1. The fourth-order valence-corrected chi connectivity index (χ4v) is 3.59. The number of hydrogen-bond donors (Lipinski definition) is 2. The van der Waals surface area contributed by atoms with E-state index in [0.717, 1.165) is 11.3 Å². The molecule has 1 aliphatic heterocycles. The van der Waals surface area contributed by atoms with Crippen LogP contribution in [0, 0.1) is 6.92 Å². The van der Waals surface area contributed by atoms with E-state index in [9.17, 15) is 9.59 Å². The van der Waals surface area contributed by atoms with Crippen molar-refractivity contribution in [1.29, 1.82) is 0 Å². The molecule has 0 aliphatic carbocycles. The Hall–Kier alpha value is -3.17. The Labute approximate surface area is 186 Å². The number of benzene rings is 2. The lowest BCUT2D eigenvalue weighted by molar-refractivity contribution is 0.0600. The number of para-hydroxylation sites is 1. The first-order valence-corrected chi connectivity index (χ1v) is 10.2. The highest BCUT2D eigenvalue weighted by Gasteiger charge is 2.19. The molecule has 0 unspecified atom stereocenters. The van der Waals surface area contributed by atoms with Gasteiger partial charge < -0.3 is 24.4 Å². The van der Waals surface area contributed by atoms with Gasteiger partial charge in [0.25, 0.3) is 5.91 Å². The molecule has 8 nitrogen and oxygen atoms in total. The highest BCUT2D eigenvalue weighted by atomic mass is 32.1. The van der Waals surface area contributed by atoms with E-state index in [4.69, 9.17) is 26.4 Å². The first-order chi connectivity index (χ1) is 14.9. The summed E-state index contributed by atoms with van der Waals surface area (Å²) >= 11 is 5.38. The molecule has 0 saturated carbocycles. The van der Waals surface area contributed by atoms with E-state index in [2.05, 4.69) is 15.5 Å². The zero-order chi connectivity index (χ0) is 22.4. The standard InChI is InChI=1S/C22H25N3O5S/c1-14-5-4-6-16(19(14)28-2)20(26)24-22(31)23-17-13-15(21(27)29-3)7-8-18(17)25-9-11-30-12-10-25/h4-8,13H,9-12H2,1-3H3,(H2,23,24,26,31). The molecule has 0 atom stereocenters. The van der Waals surface area contributed by atoms with Crippen molar-refractivity contribution in [1.82, 2.24) is 5.32 Å². The smallest absolute Gasteiger partial charge is 0.337 e. The van der Waals surface area contributed by atoms with Gasteiger partial charge in [0.1, 0.15) is 5.75 Å². The SMILES string of the molecule is COC(=O)c1ccc(N2CCOCC2)c(NC(=S)NC(=O)c2cccc(C)c2OC)c1. The van der Waals surface area contributed by atoms with E-state index < -0.39 is 11.9 Å². The van der Waals surface area contributed by atoms with E-state index >= 15 is 0 Å². The van der Waals surface area contributed by atoms with Gasteiger partial charge in [0.05, 0.1) is 49.9 Å². The number of methoxy groups -OCH3 is 2. The maximum Gasteiger partial charge on any atom is 0.337 e. The van der Waals surface area contributed by atoms with E-state index in [0.29, 0.717) is 48.9 Å². The number of ether oxygens (including phenoxy) is 3. The molecule has 1 fully saturated rings. The minimum absolute atomic E-state index is 0.102. The molecule has 164 valence electrons. The van der Waals surface area contributed by atoms with E-state index in [1.54, 1.807) is 24.3 Å². The second-order valence-electron chi connectivity index (χ2n) is 6.89. The summed E-state index contributed by atoms with van der Waals surface area (Å²) in [7, 11) is 2.84. The van der Waals surface area contributed by atoms with Gasteiger partial charge in [-0.1, -0.05) is 12.1 Å². The van der Waals surface area contributed by atoms with Crippen LogP contribution in [0.25, 0.3) is 0 Å². The molecule has 1 amide bonds. The minimum Gasteiger partial charge on any atom is -0.496 e. The van der Waals surface area contributed by atoms with Crippen LogP contribution in [0.5, 0.6) is 5.75 Å². The van der Waals surface area contributed by atoms with Crippen molar-refractivity contribution >= 4 is 40.6 Å². The third kappa shape index (κ3) is 5.31. The molecular weight excluding hydrogens is 418 g/mol. The van der Waals surface area contributed by atoms with Crippen molar-refractivity contribution in [2.45, 2.75) is 6.92 Å². The Kier molecular flexibility index (Phi) is 7.43. The predicted molar refractivity (Wildman–Crippen MR) is 122 cm³/mol. The van der Waals surface area contributed by atoms with Crippen molar-refractivity contribution < 1.29 is 23.8 Å². The summed E-state index contributed by atoms with van der Waals surface area (Å²) in [5.41, 5.74) is 3.03. The largest absolute Gasteiger partial charge is 0.496 e. The molecule has 3 rings (SSSR count). The Balaban J connectivity index is 1.82. The van der Waals surface area contributed by atoms with Gasteiger partial charge in [0.2, 0.25) is 0 Å². The van der Waals surface area contributed by atoms with Gasteiger partial charge in [0.15, 0.2) is 5.11 Å². The molecule has 2 aromatic carbocycles. The molecule has 1 heterocycles. The molecule has 0 radical (unpaired) electrons. The quantitative estimate of drug-likeness (QED) is 0.539.